The first-order chi connectivity index (χ1) is 20.3. The number of nitro groups is 2. The van der Waals surface area contributed by atoms with Gasteiger partial charge in [0.25, 0.3) is 11.4 Å². The van der Waals surface area contributed by atoms with Gasteiger partial charge in [-0.3, -0.25) is 20.2 Å². The number of hydrogen-bond donors (Lipinski definition) is 0. The third-order valence-corrected chi connectivity index (χ3v) is 11.8. The average Bonchev–Trinajstić information content (AvgIpc) is 3.03. The van der Waals surface area contributed by atoms with Gasteiger partial charge in [0.1, 0.15) is 32.8 Å². The number of nitro benzene ring substituents is 2. The summed E-state index contributed by atoms with van der Waals surface area (Å²) < 4.78 is 11.7. The predicted octanol–water partition coefficient (Wildman–Crippen LogP) is 5.76. The molecule has 0 amide bonds. The first-order valence-electron chi connectivity index (χ1n) is 13.3. The molecule has 0 saturated heterocycles. The lowest BCUT2D eigenvalue weighted by atomic mass is 10.2. The highest BCUT2D eigenvalue weighted by Gasteiger charge is 2.34. The Balaban J connectivity index is 1.32. The van der Waals surface area contributed by atoms with E-state index in [1.807, 2.05) is 6.07 Å². The minimum atomic E-state index is -2.34. The molecular formula is C33H28N2O6Si. The van der Waals surface area contributed by atoms with Gasteiger partial charge in [-0.15, -0.1) is 0 Å². The summed E-state index contributed by atoms with van der Waals surface area (Å²) in [6, 6.07) is 39.6. The fourth-order valence-corrected chi connectivity index (χ4v) is 8.33. The summed E-state index contributed by atoms with van der Waals surface area (Å²) in [6.45, 7) is 3.05. The van der Waals surface area contributed by atoms with Crippen LogP contribution in [-0.2, 0) is 13.2 Å². The van der Waals surface area contributed by atoms with Gasteiger partial charge in [0.15, 0.2) is 0 Å². The van der Waals surface area contributed by atoms with Crippen molar-refractivity contribution >= 4 is 35.0 Å². The van der Waals surface area contributed by atoms with Crippen LogP contribution >= 0.6 is 0 Å². The summed E-state index contributed by atoms with van der Waals surface area (Å²) in [5.74, 6) is 1.15. The van der Waals surface area contributed by atoms with Crippen molar-refractivity contribution in [2.75, 3.05) is 0 Å². The maximum absolute atomic E-state index is 10.9. The van der Waals surface area contributed by atoms with E-state index in [2.05, 4.69) is 79.3 Å². The number of ether oxygens (including phenoxy) is 2. The molecule has 5 rings (SSSR count). The first kappa shape index (κ1) is 28.3. The van der Waals surface area contributed by atoms with Gasteiger partial charge < -0.3 is 9.47 Å². The Bertz CT molecular complexity index is 1550. The average molecular weight is 577 g/mol. The van der Waals surface area contributed by atoms with E-state index in [1.165, 1.54) is 39.8 Å². The zero-order valence-electron chi connectivity index (χ0n) is 22.9. The van der Waals surface area contributed by atoms with Crippen LogP contribution in [0.3, 0.4) is 0 Å². The molecule has 0 fully saturated rings. The molecule has 0 N–H and O–H groups in total. The number of hydrogen-bond acceptors (Lipinski definition) is 6. The Morgan fingerprint density at radius 1 is 0.524 bits per heavy atom. The van der Waals surface area contributed by atoms with Crippen molar-refractivity contribution in [3.05, 3.63) is 159 Å². The summed E-state index contributed by atoms with van der Waals surface area (Å²) in [5, 5.41) is 25.6. The van der Waals surface area contributed by atoms with Gasteiger partial charge in [-0.1, -0.05) is 85.4 Å². The normalized spacial score (nSPS) is 11.1. The first-order valence-corrected chi connectivity index (χ1v) is 15.8. The summed E-state index contributed by atoms with van der Waals surface area (Å²) in [7, 11) is -2.34. The van der Waals surface area contributed by atoms with E-state index in [0.29, 0.717) is 24.7 Å². The van der Waals surface area contributed by atoms with Gasteiger partial charge in [0.05, 0.1) is 9.85 Å². The standard InChI is InChI=1S/C33H28N2O6Si/c1-42(31-5-3-2-4-6-31,32-19-7-25(8-20-32)23-40-29-15-11-27(12-16-29)34(36)37)33-21-9-26(10-22-33)24-41-30-17-13-28(14-18-30)35(38)39/h2-22H,23-24H2,1H3. The maximum atomic E-state index is 10.9. The molecule has 0 atom stereocenters. The van der Waals surface area contributed by atoms with Crippen LogP contribution in [0.2, 0.25) is 6.55 Å². The van der Waals surface area contributed by atoms with Gasteiger partial charge in [-0.25, -0.2) is 0 Å². The van der Waals surface area contributed by atoms with Crippen LogP contribution in [-0.4, -0.2) is 17.9 Å². The largest absolute Gasteiger partial charge is 0.489 e. The number of non-ortho nitro benzene ring substituents is 2. The molecule has 210 valence electrons. The highest BCUT2D eigenvalue weighted by atomic mass is 28.3. The number of nitrogens with zero attached hydrogens (tertiary/aromatic N) is 2. The fraction of sp³-hybridized carbons (Fsp3) is 0.0909. The second-order valence-corrected chi connectivity index (χ2v) is 13.9. The summed E-state index contributed by atoms with van der Waals surface area (Å²) in [5.41, 5.74) is 2.06. The molecule has 42 heavy (non-hydrogen) atoms. The van der Waals surface area contributed by atoms with E-state index in [1.54, 1.807) is 24.3 Å². The highest BCUT2D eigenvalue weighted by molar-refractivity contribution is 7.10. The Hall–Kier alpha value is -5.28. The Kier molecular flexibility index (Phi) is 8.40. The number of rotatable bonds is 11. The second kappa shape index (κ2) is 12.5. The maximum Gasteiger partial charge on any atom is 0.269 e. The topological polar surface area (TPSA) is 105 Å². The van der Waals surface area contributed by atoms with Crippen LogP contribution < -0.4 is 25.0 Å². The molecule has 8 nitrogen and oxygen atoms in total. The molecule has 0 radical (unpaired) electrons. The Morgan fingerprint density at radius 2 is 0.881 bits per heavy atom. The molecule has 0 heterocycles. The lowest BCUT2D eigenvalue weighted by molar-refractivity contribution is -0.385. The quantitative estimate of drug-likeness (QED) is 0.0857. The van der Waals surface area contributed by atoms with E-state index in [0.717, 1.165) is 11.1 Å². The van der Waals surface area contributed by atoms with E-state index in [4.69, 9.17) is 9.47 Å². The Morgan fingerprint density at radius 3 is 1.24 bits per heavy atom. The third-order valence-electron chi connectivity index (χ3n) is 7.32. The fourth-order valence-electron chi connectivity index (χ4n) is 4.80. The molecule has 5 aromatic rings. The van der Waals surface area contributed by atoms with Crippen LogP contribution in [0.5, 0.6) is 11.5 Å². The highest BCUT2D eigenvalue weighted by Crippen LogP contribution is 2.20. The van der Waals surface area contributed by atoms with Crippen molar-refractivity contribution < 1.29 is 19.3 Å². The SMILES string of the molecule is C[Si](c1ccccc1)(c1ccc(COc2ccc([N+](=O)[O-])cc2)cc1)c1ccc(COc2ccc([N+](=O)[O-])cc2)cc1. The van der Waals surface area contributed by atoms with Crippen molar-refractivity contribution in [3.63, 3.8) is 0 Å². The predicted molar refractivity (Wildman–Crippen MR) is 165 cm³/mol. The van der Waals surface area contributed by atoms with Gasteiger partial charge in [0, 0.05) is 24.3 Å². The van der Waals surface area contributed by atoms with Crippen LogP contribution in [0.15, 0.2) is 127 Å². The molecule has 9 heteroatoms. The van der Waals surface area contributed by atoms with Crippen molar-refractivity contribution in [2.45, 2.75) is 19.8 Å². The summed E-state index contributed by atoms with van der Waals surface area (Å²) in [4.78, 5) is 20.9. The summed E-state index contributed by atoms with van der Waals surface area (Å²) in [6.07, 6.45) is 0. The van der Waals surface area contributed by atoms with Gasteiger partial charge in [-0.2, -0.15) is 0 Å². The second-order valence-electron chi connectivity index (χ2n) is 9.96. The molecular weight excluding hydrogens is 548 g/mol. The van der Waals surface area contributed by atoms with Crippen molar-refractivity contribution in [1.29, 1.82) is 0 Å². The van der Waals surface area contributed by atoms with Crippen LogP contribution in [0, 0.1) is 20.2 Å². The molecule has 5 aromatic carbocycles. The zero-order chi connectivity index (χ0) is 29.5. The molecule has 0 aliphatic carbocycles. The monoisotopic (exact) mass is 576 g/mol. The smallest absolute Gasteiger partial charge is 0.269 e. The minimum absolute atomic E-state index is 0.0295. The van der Waals surface area contributed by atoms with Gasteiger partial charge in [0.2, 0.25) is 0 Å². The minimum Gasteiger partial charge on any atom is -0.489 e. The molecule has 0 unspecified atom stereocenters. The van der Waals surface area contributed by atoms with Crippen LogP contribution in [0.25, 0.3) is 0 Å². The Labute approximate surface area is 244 Å². The van der Waals surface area contributed by atoms with Crippen LogP contribution in [0.4, 0.5) is 11.4 Å². The van der Waals surface area contributed by atoms with Crippen molar-refractivity contribution in [3.8, 4) is 11.5 Å². The third kappa shape index (κ3) is 6.37. The molecule has 0 bridgehead atoms. The molecule has 0 spiro atoms. The lowest BCUT2D eigenvalue weighted by Gasteiger charge is -2.30. The molecule has 0 aliphatic heterocycles. The molecule has 0 aliphatic rings. The zero-order valence-corrected chi connectivity index (χ0v) is 23.9. The van der Waals surface area contributed by atoms with E-state index < -0.39 is 17.9 Å². The van der Waals surface area contributed by atoms with E-state index in [9.17, 15) is 20.2 Å². The molecule has 0 aromatic heterocycles. The number of benzene rings is 5. The van der Waals surface area contributed by atoms with Gasteiger partial charge >= 0.3 is 0 Å². The van der Waals surface area contributed by atoms with Crippen LogP contribution in [0.1, 0.15) is 11.1 Å². The van der Waals surface area contributed by atoms with E-state index in [-0.39, 0.29) is 11.4 Å². The molecule has 0 saturated carbocycles. The van der Waals surface area contributed by atoms with Crippen molar-refractivity contribution in [2.24, 2.45) is 0 Å². The van der Waals surface area contributed by atoms with Crippen molar-refractivity contribution in [1.82, 2.24) is 0 Å². The van der Waals surface area contributed by atoms with E-state index >= 15 is 0 Å². The summed E-state index contributed by atoms with van der Waals surface area (Å²) >= 11 is 0. The van der Waals surface area contributed by atoms with Gasteiger partial charge in [-0.05, 0) is 51.0 Å². The lowest BCUT2D eigenvalue weighted by Crippen LogP contribution is -2.64.